The van der Waals surface area contributed by atoms with Gasteiger partial charge in [0.05, 0.1) is 17.8 Å². The molecule has 0 atom stereocenters. The molecule has 0 bridgehead atoms. The standard InChI is InChI=1S/C11H18BrN3O/c1-4-8(5-2)6-13-11-14-7-9(12)10(15-11)16-3/h7-8H,4-6H2,1-3H3,(H,13,14,15). The molecule has 0 radical (unpaired) electrons. The van der Waals surface area contributed by atoms with E-state index in [1.165, 1.54) is 0 Å². The predicted molar refractivity (Wildman–Crippen MR) is 68.8 cm³/mol. The van der Waals surface area contributed by atoms with Crippen molar-refractivity contribution in [2.45, 2.75) is 26.7 Å². The molecular formula is C11H18BrN3O. The molecule has 90 valence electrons. The summed E-state index contributed by atoms with van der Waals surface area (Å²) in [5.41, 5.74) is 0. The molecule has 0 fully saturated rings. The van der Waals surface area contributed by atoms with Crippen LogP contribution in [0.15, 0.2) is 10.7 Å². The first-order valence-corrected chi connectivity index (χ1v) is 6.30. The Hall–Kier alpha value is -0.840. The maximum atomic E-state index is 5.11. The fourth-order valence-corrected chi connectivity index (χ4v) is 1.75. The Morgan fingerprint density at radius 2 is 2.12 bits per heavy atom. The monoisotopic (exact) mass is 287 g/mol. The lowest BCUT2D eigenvalue weighted by Crippen LogP contribution is -2.14. The van der Waals surface area contributed by atoms with Crippen LogP contribution in [0, 0.1) is 5.92 Å². The van der Waals surface area contributed by atoms with Crippen molar-refractivity contribution in [3.8, 4) is 5.88 Å². The Kier molecular flexibility index (Phi) is 5.52. The summed E-state index contributed by atoms with van der Waals surface area (Å²) in [6.45, 7) is 5.29. The van der Waals surface area contributed by atoms with E-state index in [0.29, 0.717) is 17.7 Å². The van der Waals surface area contributed by atoms with E-state index in [-0.39, 0.29) is 0 Å². The first-order chi connectivity index (χ1) is 7.71. The molecule has 0 spiro atoms. The quantitative estimate of drug-likeness (QED) is 0.873. The third-order valence-electron chi connectivity index (χ3n) is 2.61. The fourth-order valence-electron chi connectivity index (χ4n) is 1.39. The highest BCUT2D eigenvalue weighted by atomic mass is 79.9. The van der Waals surface area contributed by atoms with E-state index in [1.807, 2.05) is 0 Å². The lowest BCUT2D eigenvalue weighted by atomic mass is 10.0. The zero-order chi connectivity index (χ0) is 12.0. The van der Waals surface area contributed by atoms with Crippen molar-refractivity contribution in [3.05, 3.63) is 10.7 Å². The molecule has 1 heterocycles. The molecule has 1 aromatic heterocycles. The highest BCUT2D eigenvalue weighted by Crippen LogP contribution is 2.22. The number of aromatic nitrogens is 2. The fraction of sp³-hybridized carbons (Fsp3) is 0.636. The highest BCUT2D eigenvalue weighted by Gasteiger charge is 2.07. The van der Waals surface area contributed by atoms with Gasteiger partial charge in [-0.1, -0.05) is 26.7 Å². The van der Waals surface area contributed by atoms with Crippen LogP contribution in [0.2, 0.25) is 0 Å². The van der Waals surface area contributed by atoms with Crippen LogP contribution in [-0.4, -0.2) is 23.6 Å². The summed E-state index contributed by atoms with van der Waals surface area (Å²) >= 11 is 3.32. The third kappa shape index (κ3) is 3.63. The molecular weight excluding hydrogens is 270 g/mol. The molecule has 1 aromatic rings. The van der Waals surface area contributed by atoms with Gasteiger partial charge in [0.2, 0.25) is 11.8 Å². The van der Waals surface area contributed by atoms with E-state index in [9.17, 15) is 0 Å². The summed E-state index contributed by atoms with van der Waals surface area (Å²) in [5.74, 6) is 1.84. The number of ether oxygens (including phenoxy) is 1. The van der Waals surface area contributed by atoms with Gasteiger partial charge in [-0.15, -0.1) is 0 Å². The van der Waals surface area contributed by atoms with Crippen molar-refractivity contribution in [2.75, 3.05) is 19.0 Å². The first kappa shape index (κ1) is 13.2. The number of nitrogens with one attached hydrogen (secondary N) is 1. The number of rotatable bonds is 6. The summed E-state index contributed by atoms with van der Waals surface area (Å²) in [6.07, 6.45) is 4.02. The van der Waals surface area contributed by atoms with Gasteiger partial charge >= 0.3 is 0 Å². The predicted octanol–water partition coefficient (Wildman–Crippen LogP) is 3.10. The van der Waals surface area contributed by atoms with Gasteiger partial charge in [0.15, 0.2) is 0 Å². The number of hydrogen-bond donors (Lipinski definition) is 1. The van der Waals surface area contributed by atoms with Crippen molar-refractivity contribution < 1.29 is 4.74 Å². The average molecular weight is 288 g/mol. The lowest BCUT2D eigenvalue weighted by molar-refractivity contribution is 0.394. The van der Waals surface area contributed by atoms with Crippen molar-refractivity contribution in [1.29, 1.82) is 0 Å². The second kappa shape index (κ2) is 6.68. The van der Waals surface area contributed by atoms with Crippen LogP contribution < -0.4 is 10.1 Å². The molecule has 1 N–H and O–H groups in total. The van der Waals surface area contributed by atoms with Crippen molar-refractivity contribution in [2.24, 2.45) is 5.92 Å². The molecule has 0 aromatic carbocycles. The molecule has 5 heteroatoms. The van der Waals surface area contributed by atoms with Crippen molar-refractivity contribution in [3.63, 3.8) is 0 Å². The maximum absolute atomic E-state index is 5.11. The second-order valence-electron chi connectivity index (χ2n) is 3.61. The zero-order valence-corrected chi connectivity index (χ0v) is 11.5. The molecule has 0 saturated heterocycles. The Morgan fingerprint density at radius 3 is 2.69 bits per heavy atom. The third-order valence-corrected chi connectivity index (χ3v) is 3.15. The van der Waals surface area contributed by atoms with Crippen molar-refractivity contribution >= 4 is 21.9 Å². The number of hydrogen-bond acceptors (Lipinski definition) is 4. The molecule has 0 unspecified atom stereocenters. The summed E-state index contributed by atoms with van der Waals surface area (Å²) in [5, 5.41) is 3.23. The summed E-state index contributed by atoms with van der Waals surface area (Å²) in [6, 6.07) is 0. The number of methoxy groups -OCH3 is 1. The molecule has 0 amide bonds. The topological polar surface area (TPSA) is 47.0 Å². The maximum Gasteiger partial charge on any atom is 0.232 e. The minimum atomic E-state index is 0.557. The highest BCUT2D eigenvalue weighted by molar-refractivity contribution is 9.10. The van der Waals surface area contributed by atoms with Gasteiger partial charge in [-0.2, -0.15) is 4.98 Å². The molecule has 4 nitrogen and oxygen atoms in total. The van der Waals surface area contributed by atoms with Crippen LogP contribution in [0.25, 0.3) is 0 Å². The Bertz CT molecular complexity index is 329. The van der Waals surface area contributed by atoms with Crippen LogP contribution in [0.3, 0.4) is 0 Å². The van der Waals surface area contributed by atoms with Crippen molar-refractivity contribution in [1.82, 2.24) is 9.97 Å². The summed E-state index contributed by atoms with van der Waals surface area (Å²) < 4.78 is 5.87. The van der Waals surface area contributed by atoms with Crippen LogP contribution in [0.1, 0.15) is 26.7 Å². The summed E-state index contributed by atoms with van der Waals surface area (Å²) in [7, 11) is 1.60. The van der Waals surface area contributed by atoms with E-state index in [0.717, 1.165) is 23.9 Å². The minimum absolute atomic E-state index is 0.557. The number of halogens is 1. The number of anilines is 1. The second-order valence-corrected chi connectivity index (χ2v) is 4.47. The van der Waals surface area contributed by atoms with Gasteiger partial charge in [0.1, 0.15) is 0 Å². The lowest BCUT2D eigenvalue weighted by Gasteiger charge is -2.13. The van der Waals surface area contributed by atoms with Gasteiger partial charge in [0, 0.05) is 6.54 Å². The Balaban J connectivity index is 2.60. The largest absolute Gasteiger partial charge is 0.480 e. The van der Waals surface area contributed by atoms with Crippen LogP contribution >= 0.6 is 15.9 Å². The van der Waals surface area contributed by atoms with Gasteiger partial charge in [-0.25, -0.2) is 4.98 Å². The molecule has 0 aliphatic heterocycles. The molecule has 16 heavy (non-hydrogen) atoms. The molecule has 0 aliphatic carbocycles. The molecule has 1 rings (SSSR count). The summed E-state index contributed by atoms with van der Waals surface area (Å²) in [4.78, 5) is 8.42. The number of nitrogens with zero attached hydrogens (tertiary/aromatic N) is 2. The smallest absolute Gasteiger partial charge is 0.232 e. The van der Waals surface area contributed by atoms with Gasteiger partial charge < -0.3 is 10.1 Å². The van der Waals surface area contributed by atoms with E-state index in [2.05, 4.69) is 45.1 Å². The van der Waals surface area contributed by atoms with E-state index >= 15 is 0 Å². The Labute approximate surface area is 105 Å². The van der Waals surface area contributed by atoms with Crippen LogP contribution in [-0.2, 0) is 0 Å². The van der Waals surface area contributed by atoms with Gasteiger partial charge in [-0.05, 0) is 21.8 Å². The Morgan fingerprint density at radius 1 is 1.44 bits per heavy atom. The van der Waals surface area contributed by atoms with E-state index < -0.39 is 0 Å². The zero-order valence-electron chi connectivity index (χ0n) is 9.96. The molecule has 0 aliphatic rings. The minimum Gasteiger partial charge on any atom is -0.480 e. The van der Waals surface area contributed by atoms with E-state index in [4.69, 9.17) is 4.74 Å². The normalized spacial score (nSPS) is 10.6. The van der Waals surface area contributed by atoms with Crippen LogP contribution in [0.5, 0.6) is 5.88 Å². The van der Waals surface area contributed by atoms with Gasteiger partial charge in [-0.3, -0.25) is 0 Å². The molecule has 0 saturated carbocycles. The van der Waals surface area contributed by atoms with E-state index in [1.54, 1.807) is 13.3 Å². The van der Waals surface area contributed by atoms with Gasteiger partial charge in [0.25, 0.3) is 0 Å². The first-order valence-electron chi connectivity index (χ1n) is 5.51. The van der Waals surface area contributed by atoms with Crippen LogP contribution in [0.4, 0.5) is 5.95 Å². The SMILES string of the molecule is CCC(CC)CNc1ncc(Br)c(OC)n1. The average Bonchev–Trinajstić information content (AvgIpc) is 2.32.